The Morgan fingerprint density at radius 3 is 2.71 bits per heavy atom. The molecule has 1 saturated carbocycles. The summed E-state index contributed by atoms with van der Waals surface area (Å²) in [6.45, 7) is 3.76. The fraction of sp³-hybridized carbons (Fsp3) is 0.500. The monoisotopic (exact) mass is 307 g/mol. The van der Waals surface area contributed by atoms with Crippen LogP contribution in [-0.2, 0) is 10.0 Å². The van der Waals surface area contributed by atoms with Gasteiger partial charge in [0.1, 0.15) is 6.61 Å². The lowest BCUT2D eigenvalue weighted by molar-refractivity contribution is 0.350. The number of aliphatic hydroxyl groups excluding tert-OH is 1. The molecule has 0 saturated heterocycles. The zero-order chi connectivity index (χ0) is 15.5. The van der Waals surface area contributed by atoms with Crippen LogP contribution in [0.5, 0.6) is 0 Å². The van der Waals surface area contributed by atoms with E-state index >= 15 is 0 Å². The molecule has 0 aromatic heterocycles. The Balaban J connectivity index is 2.18. The molecule has 2 atom stereocenters. The molecule has 2 N–H and O–H groups in total. The van der Waals surface area contributed by atoms with Crippen LogP contribution in [0.15, 0.2) is 23.1 Å². The number of aryl methyl sites for hydroxylation is 1. The maximum Gasteiger partial charge on any atom is 0.240 e. The Kier molecular flexibility index (Phi) is 5.04. The van der Waals surface area contributed by atoms with Crippen LogP contribution in [0, 0.1) is 24.7 Å². The summed E-state index contributed by atoms with van der Waals surface area (Å²) in [6.07, 6.45) is 2.87. The SMILES string of the molecule is Cc1cc(S(=O)(=O)NC2CCC(C)C2)ccc1C#CCO. The molecule has 1 fully saturated rings. The highest BCUT2D eigenvalue weighted by molar-refractivity contribution is 7.89. The summed E-state index contributed by atoms with van der Waals surface area (Å²) < 4.78 is 27.6. The lowest BCUT2D eigenvalue weighted by atomic mass is 10.1. The molecule has 2 rings (SSSR count). The summed E-state index contributed by atoms with van der Waals surface area (Å²) in [5.74, 6) is 5.95. The van der Waals surface area contributed by atoms with Gasteiger partial charge in [-0.15, -0.1) is 0 Å². The van der Waals surface area contributed by atoms with Gasteiger partial charge in [-0.25, -0.2) is 13.1 Å². The molecule has 0 bridgehead atoms. The zero-order valence-electron chi connectivity index (χ0n) is 12.4. The number of aliphatic hydroxyl groups is 1. The smallest absolute Gasteiger partial charge is 0.240 e. The molecule has 0 aliphatic heterocycles. The van der Waals surface area contributed by atoms with E-state index in [4.69, 9.17) is 5.11 Å². The van der Waals surface area contributed by atoms with Gasteiger partial charge in [0, 0.05) is 11.6 Å². The molecule has 2 unspecified atom stereocenters. The molecule has 5 heteroatoms. The lowest BCUT2D eigenvalue weighted by Crippen LogP contribution is -2.33. The minimum absolute atomic E-state index is 0.0409. The van der Waals surface area contributed by atoms with Gasteiger partial charge >= 0.3 is 0 Å². The zero-order valence-corrected chi connectivity index (χ0v) is 13.2. The number of hydrogen-bond donors (Lipinski definition) is 2. The van der Waals surface area contributed by atoms with Crippen molar-refractivity contribution in [2.75, 3.05) is 6.61 Å². The van der Waals surface area contributed by atoms with Crippen LogP contribution in [-0.4, -0.2) is 26.2 Å². The van der Waals surface area contributed by atoms with Gasteiger partial charge in [-0.2, -0.15) is 0 Å². The molecule has 0 amide bonds. The highest BCUT2D eigenvalue weighted by Crippen LogP contribution is 2.26. The molecule has 0 spiro atoms. The van der Waals surface area contributed by atoms with Crippen LogP contribution in [0.3, 0.4) is 0 Å². The van der Waals surface area contributed by atoms with Gasteiger partial charge in [-0.3, -0.25) is 0 Å². The van der Waals surface area contributed by atoms with E-state index in [1.165, 1.54) is 0 Å². The molecule has 1 aliphatic carbocycles. The van der Waals surface area contributed by atoms with E-state index in [0.717, 1.165) is 30.4 Å². The Morgan fingerprint density at radius 2 is 2.14 bits per heavy atom. The van der Waals surface area contributed by atoms with E-state index < -0.39 is 10.0 Å². The molecule has 1 aliphatic rings. The summed E-state index contributed by atoms with van der Waals surface area (Å²) in [5, 5.41) is 8.70. The molecule has 1 aromatic carbocycles. The molecule has 0 heterocycles. The molecule has 0 radical (unpaired) electrons. The van der Waals surface area contributed by atoms with Crippen molar-refractivity contribution in [1.29, 1.82) is 0 Å². The second kappa shape index (κ2) is 6.61. The van der Waals surface area contributed by atoms with Crippen LogP contribution in [0.4, 0.5) is 0 Å². The van der Waals surface area contributed by atoms with Gasteiger partial charge in [-0.1, -0.05) is 18.8 Å². The quantitative estimate of drug-likeness (QED) is 0.837. The molecular formula is C16H21NO3S. The first-order valence-corrected chi connectivity index (χ1v) is 8.63. The second-order valence-electron chi connectivity index (χ2n) is 5.67. The number of sulfonamides is 1. The lowest BCUT2D eigenvalue weighted by Gasteiger charge is -2.13. The van der Waals surface area contributed by atoms with E-state index in [-0.39, 0.29) is 17.5 Å². The van der Waals surface area contributed by atoms with Crippen molar-refractivity contribution in [2.24, 2.45) is 5.92 Å². The van der Waals surface area contributed by atoms with Gasteiger partial charge in [0.2, 0.25) is 10.0 Å². The first kappa shape index (κ1) is 16.0. The average molecular weight is 307 g/mol. The molecular weight excluding hydrogens is 286 g/mol. The number of benzene rings is 1. The van der Waals surface area contributed by atoms with E-state index in [0.29, 0.717) is 5.92 Å². The third-order valence-electron chi connectivity index (χ3n) is 3.83. The van der Waals surface area contributed by atoms with Crippen molar-refractivity contribution in [3.8, 4) is 11.8 Å². The second-order valence-corrected chi connectivity index (χ2v) is 7.39. The van der Waals surface area contributed by atoms with Gasteiger partial charge < -0.3 is 5.11 Å². The first-order valence-electron chi connectivity index (χ1n) is 7.15. The largest absolute Gasteiger partial charge is 0.384 e. The van der Waals surface area contributed by atoms with E-state index in [1.807, 2.05) is 6.92 Å². The highest BCUT2D eigenvalue weighted by atomic mass is 32.2. The highest BCUT2D eigenvalue weighted by Gasteiger charge is 2.26. The van der Waals surface area contributed by atoms with E-state index in [1.54, 1.807) is 18.2 Å². The summed E-state index contributed by atoms with van der Waals surface area (Å²) >= 11 is 0. The van der Waals surface area contributed by atoms with E-state index in [9.17, 15) is 8.42 Å². The van der Waals surface area contributed by atoms with Crippen LogP contribution in [0.25, 0.3) is 0 Å². The van der Waals surface area contributed by atoms with Crippen molar-refractivity contribution < 1.29 is 13.5 Å². The minimum Gasteiger partial charge on any atom is -0.384 e. The molecule has 21 heavy (non-hydrogen) atoms. The fourth-order valence-electron chi connectivity index (χ4n) is 2.68. The Morgan fingerprint density at radius 1 is 1.38 bits per heavy atom. The molecule has 1 aromatic rings. The van der Waals surface area contributed by atoms with Crippen molar-refractivity contribution in [3.63, 3.8) is 0 Å². The van der Waals surface area contributed by atoms with Crippen LogP contribution < -0.4 is 4.72 Å². The predicted octanol–water partition coefficient (Wildman–Crippen LogP) is 1.81. The summed E-state index contributed by atoms with van der Waals surface area (Å²) in [6, 6.07) is 4.92. The van der Waals surface area contributed by atoms with Crippen molar-refractivity contribution in [2.45, 2.75) is 44.0 Å². The van der Waals surface area contributed by atoms with Crippen LogP contribution >= 0.6 is 0 Å². The van der Waals surface area contributed by atoms with Crippen LogP contribution in [0.2, 0.25) is 0 Å². The third-order valence-corrected chi connectivity index (χ3v) is 5.35. The average Bonchev–Trinajstić information content (AvgIpc) is 2.82. The molecule has 4 nitrogen and oxygen atoms in total. The number of hydrogen-bond acceptors (Lipinski definition) is 3. The van der Waals surface area contributed by atoms with Crippen LogP contribution in [0.1, 0.15) is 37.3 Å². The van der Waals surface area contributed by atoms with Crippen molar-refractivity contribution >= 4 is 10.0 Å². The van der Waals surface area contributed by atoms with Gasteiger partial charge in [0.15, 0.2) is 0 Å². The first-order chi connectivity index (χ1) is 9.92. The van der Waals surface area contributed by atoms with Crippen molar-refractivity contribution in [3.05, 3.63) is 29.3 Å². The molecule has 114 valence electrons. The third kappa shape index (κ3) is 4.07. The normalized spacial score (nSPS) is 21.9. The minimum atomic E-state index is -3.47. The Labute approximate surface area is 126 Å². The number of rotatable bonds is 3. The summed E-state index contributed by atoms with van der Waals surface area (Å²) in [4.78, 5) is 0.272. The van der Waals surface area contributed by atoms with Gasteiger partial charge in [0.05, 0.1) is 4.90 Å². The maximum absolute atomic E-state index is 12.4. The number of nitrogens with one attached hydrogen (secondary N) is 1. The topological polar surface area (TPSA) is 66.4 Å². The summed E-state index contributed by atoms with van der Waals surface area (Å²) in [7, 11) is -3.47. The predicted molar refractivity (Wildman–Crippen MR) is 82.3 cm³/mol. The van der Waals surface area contributed by atoms with E-state index in [2.05, 4.69) is 23.5 Å². The Bertz CT molecular complexity index is 670. The summed E-state index contributed by atoms with van der Waals surface area (Å²) in [5.41, 5.74) is 1.52. The standard InChI is InChI=1S/C16H21NO3S/c1-12-5-7-15(10-12)17-21(19,20)16-8-6-14(4-3-9-18)13(2)11-16/h6,8,11-12,15,17-18H,5,7,9-10H2,1-2H3. The fourth-order valence-corrected chi connectivity index (χ4v) is 4.05. The maximum atomic E-state index is 12.4. The van der Waals surface area contributed by atoms with Crippen molar-refractivity contribution in [1.82, 2.24) is 4.72 Å². The Hall–Kier alpha value is -1.35. The van der Waals surface area contributed by atoms with Gasteiger partial charge in [-0.05, 0) is 55.9 Å². The van der Waals surface area contributed by atoms with Gasteiger partial charge in [0.25, 0.3) is 0 Å².